The normalized spacial score (nSPS) is 10.8. The minimum Gasteiger partial charge on any atom is -0.459 e. The quantitative estimate of drug-likeness (QED) is 0.188. The second-order valence-electron chi connectivity index (χ2n) is 7.60. The summed E-state index contributed by atoms with van der Waals surface area (Å²) in [7, 11) is 0. The molecule has 0 saturated carbocycles. The van der Waals surface area contributed by atoms with Crippen molar-refractivity contribution in [2.75, 3.05) is 5.32 Å². The van der Waals surface area contributed by atoms with Crippen LogP contribution in [0.25, 0.3) is 22.5 Å². The maximum Gasteiger partial charge on any atom is 0.342 e. The Balaban J connectivity index is 1.62. The lowest BCUT2D eigenvalue weighted by molar-refractivity contribution is -0.384. The zero-order valence-electron chi connectivity index (χ0n) is 18.3. The van der Waals surface area contributed by atoms with Gasteiger partial charge in [-0.25, -0.2) is 4.79 Å². The number of hydrogen-bond donors (Lipinski definition) is 1. The van der Waals surface area contributed by atoms with Crippen LogP contribution >= 0.6 is 11.3 Å². The van der Waals surface area contributed by atoms with Gasteiger partial charge in [-0.3, -0.25) is 14.9 Å². The van der Waals surface area contributed by atoms with Crippen LogP contribution < -0.4 is 5.32 Å². The molecule has 0 aliphatic heterocycles. The number of nitro benzene ring substituents is 1. The standard InChI is InChI=1S/C25H20N2O6S/c1-15(2)32-25(29)22-19(16-7-4-3-5-8-16)14-34-24(22)26-23(28)21-12-11-20(33-21)17-9-6-10-18(13-17)27(30)31/h3-15H,1-2H3,(H,26,28). The highest BCUT2D eigenvalue weighted by Gasteiger charge is 2.25. The highest BCUT2D eigenvalue weighted by molar-refractivity contribution is 7.15. The maximum atomic E-state index is 12.9. The lowest BCUT2D eigenvalue weighted by Gasteiger charge is -2.11. The van der Waals surface area contributed by atoms with Crippen LogP contribution in [-0.2, 0) is 4.74 Å². The summed E-state index contributed by atoms with van der Waals surface area (Å²) in [5, 5.41) is 15.9. The molecule has 0 aliphatic rings. The molecule has 0 saturated heterocycles. The van der Waals surface area contributed by atoms with Crippen molar-refractivity contribution in [1.29, 1.82) is 0 Å². The van der Waals surface area contributed by atoms with Gasteiger partial charge in [0.25, 0.3) is 11.6 Å². The monoisotopic (exact) mass is 476 g/mol. The van der Waals surface area contributed by atoms with E-state index in [0.717, 1.165) is 5.56 Å². The van der Waals surface area contributed by atoms with Crippen molar-refractivity contribution < 1.29 is 23.7 Å². The first-order valence-electron chi connectivity index (χ1n) is 10.4. The Morgan fingerprint density at radius 3 is 2.47 bits per heavy atom. The number of hydrogen-bond acceptors (Lipinski definition) is 7. The minimum atomic E-state index is -0.559. The Morgan fingerprint density at radius 2 is 1.76 bits per heavy atom. The van der Waals surface area contributed by atoms with Gasteiger partial charge in [-0.2, -0.15) is 0 Å². The summed E-state index contributed by atoms with van der Waals surface area (Å²) in [5.74, 6) is -0.789. The summed E-state index contributed by atoms with van der Waals surface area (Å²) in [6.07, 6.45) is -0.331. The fraction of sp³-hybridized carbons (Fsp3) is 0.120. The number of esters is 1. The number of furan rings is 1. The van der Waals surface area contributed by atoms with Gasteiger partial charge in [-0.15, -0.1) is 11.3 Å². The summed E-state index contributed by atoms with van der Waals surface area (Å²) in [4.78, 5) is 36.3. The highest BCUT2D eigenvalue weighted by atomic mass is 32.1. The number of ether oxygens (including phenoxy) is 1. The zero-order valence-corrected chi connectivity index (χ0v) is 19.1. The van der Waals surface area contributed by atoms with Crippen molar-refractivity contribution in [2.45, 2.75) is 20.0 Å². The van der Waals surface area contributed by atoms with E-state index >= 15 is 0 Å². The molecule has 0 unspecified atom stereocenters. The molecule has 0 fully saturated rings. The number of anilines is 1. The smallest absolute Gasteiger partial charge is 0.342 e. The molecule has 0 spiro atoms. The molecule has 0 aliphatic carbocycles. The molecule has 1 N–H and O–H groups in total. The SMILES string of the molecule is CC(C)OC(=O)c1c(-c2ccccc2)csc1NC(=O)c1ccc(-c2cccc([N+](=O)[O-])c2)o1. The molecule has 0 radical (unpaired) electrons. The van der Waals surface area contributed by atoms with Crippen LogP contribution in [0.2, 0.25) is 0 Å². The number of thiophene rings is 1. The van der Waals surface area contributed by atoms with Gasteiger partial charge >= 0.3 is 5.97 Å². The topological polar surface area (TPSA) is 112 Å². The van der Waals surface area contributed by atoms with E-state index in [0.29, 0.717) is 21.9 Å². The zero-order chi connectivity index (χ0) is 24.2. The van der Waals surface area contributed by atoms with E-state index in [2.05, 4.69) is 5.32 Å². The first-order chi connectivity index (χ1) is 16.3. The summed E-state index contributed by atoms with van der Waals surface area (Å²) >= 11 is 1.21. The fourth-order valence-corrected chi connectivity index (χ4v) is 4.26. The number of nitro groups is 1. The fourth-order valence-electron chi connectivity index (χ4n) is 3.31. The van der Waals surface area contributed by atoms with Crippen molar-refractivity contribution in [3.63, 3.8) is 0 Å². The lowest BCUT2D eigenvalue weighted by atomic mass is 10.0. The Labute approximate surface area is 199 Å². The van der Waals surface area contributed by atoms with Gasteiger partial charge in [0.1, 0.15) is 16.3 Å². The summed E-state index contributed by atoms with van der Waals surface area (Å²) in [5.41, 5.74) is 2.13. The van der Waals surface area contributed by atoms with Crippen LogP contribution in [-0.4, -0.2) is 22.9 Å². The average Bonchev–Trinajstić information content (AvgIpc) is 3.47. The maximum absolute atomic E-state index is 12.9. The van der Waals surface area contributed by atoms with Crippen LogP contribution in [0.4, 0.5) is 10.7 Å². The Bertz CT molecular complexity index is 1360. The van der Waals surface area contributed by atoms with Crippen LogP contribution in [0.1, 0.15) is 34.8 Å². The van der Waals surface area contributed by atoms with Crippen LogP contribution in [0.5, 0.6) is 0 Å². The van der Waals surface area contributed by atoms with Gasteiger partial charge in [-0.05, 0) is 31.5 Å². The Hall–Kier alpha value is -4.24. The molecule has 9 heteroatoms. The minimum absolute atomic E-state index is 0.000607. The van der Waals surface area contributed by atoms with E-state index in [1.165, 1.54) is 29.5 Å². The predicted molar refractivity (Wildman–Crippen MR) is 129 cm³/mol. The number of carbonyl (C=O) groups is 2. The molecular formula is C25H20N2O6S. The molecule has 2 heterocycles. The average molecular weight is 477 g/mol. The molecule has 4 rings (SSSR count). The second kappa shape index (κ2) is 9.72. The third-order valence-corrected chi connectivity index (χ3v) is 5.72. The van der Waals surface area contributed by atoms with Crippen molar-refractivity contribution >= 4 is 33.9 Å². The summed E-state index contributed by atoms with van der Waals surface area (Å²) in [6, 6.07) is 18.3. The number of amides is 1. The number of nitrogens with zero attached hydrogens (tertiary/aromatic N) is 1. The van der Waals surface area contributed by atoms with Crippen molar-refractivity contribution in [1.82, 2.24) is 0 Å². The Morgan fingerprint density at radius 1 is 1.03 bits per heavy atom. The summed E-state index contributed by atoms with van der Waals surface area (Å²) in [6.45, 7) is 3.51. The first kappa shape index (κ1) is 22.9. The number of benzene rings is 2. The third-order valence-electron chi connectivity index (χ3n) is 4.82. The first-order valence-corrected chi connectivity index (χ1v) is 11.3. The van der Waals surface area contributed by atoms with Gasteiger partial charge in [0.15, 0.2) is 5.76 Å². The van der Waals surface area contributed by atoms with Crippen molar-refractivity contribution in [3.05, 3.63) is 93.5 Å². The molecule has 2 aromatic heterocycles. The van der Waals surface area contributed by atoms with Gasteiger partial charge < -0.3 is 14.5 Å². The van der Waals surface area contributed by atoms with Gasteiger partial charge in [0, 0.05) is 28.6 Å². The lowest BCUT2D eigenvalue weighted by Crippen LogP contribution is -2.16. The van der Waals surface area contributed by atoms with E-state index < -0.39 is 16.8 Å². The van der Waals surface area contributed by atoms with Gasteiger partial charge in [-0.1, -0.05) is 42.5 Å². The largest absolute Gasteiger partial charge is 0.459 e. The Kier molecular flexibility index (Phi) is 6.55. The molecule has 0 bridgehead atoms. The second-order valence-corrected chi connectivity index (χ2v) is 8.48. The van der Waals surface area contributed by atoms with Crippen molar-refractivity contribution in [2.24, 2.45) is 0 Å². The molecule has 1 amide bonds. The number of rotatable bonds is 7. The molecule has 172 valence electrons. The van der Waals surface area contributed by atoms with Gasteiger partial charge in [0.05, 0.1) is 11.0 Å². The third kappa shape index (κ3) is 4.89. The van der Waals surface area contributed by atoms with E-state index in [-0.39, 0.29) is 23.1 Å². The summed E-state index contributed by atoms with van der Waals surface area (Å²) < 4.78 is 11.1. The molecule has 2 aromatic carbocycles. The van der Waals surface area contributed by atoms with Crippen LogP contribution in [0.15, 0.2) is 76.5 Å². The molecule has 4 aromatic rings. The molecular weight excluding hydrogens is 456 g/mol. The van der Waals surface area contributed by atoms with Crippen LogP contribution in [0, 0.1) is 10.1 Å². The molecule has 34 heavy (non-hydrogen) atoms. The number of carbonyl (C=O) groups excluding carboxylic acids is 2. The number of non-ortho nitro benzene ring substituents is 1. The predicted octanol–water partition coefficient (Wildman–Crippen LogP) is 6.40. The molecule has 0 atom stereocenters. The van der Waals surface area contributed by atoms with E-state index in [1.54, 1.807) is 37.4 Å². The van der Waals surface area contributed by atoms with E-state index in [4.69, 9.17) is 9.15 Å². The van der Waals surface area contributed by atoms with E-state index in [9.17, 15) is 19.7 Å². The van der Waals surface area contributed by atoms with Crippen LogP contribution in [0.3, 0.4) is 0 Å². The highest BCUT2D eigenvalue weighted by Crippen LogP contribution is 2.37. The molecule has 8 nitrogen and oxygen atoms in total. The van der Waals surface area contributed by atoms with E-state index in [1.807, 2.05) is 30.3 Å². The van der Waals surface area contributed by atoms with Gasteiger partial charge in [0.2, 0.25) is 0 Å². The van der Waals surface area contributed by atoms with Crippen molar-refractivity contribution in [3.8, 4) is 22.5 Å². The number of nitrogens with one attached hydrogen (secondary N) is 1.